The predicted octanol–water partition coefficient (Wildman–Crippen LogP) is 5.53. The van der Waals surface area contributed by atoms with Gasteiger partial charge in [0.25, 0.3) is 0 Å². The van der Waals surface area contributed by atoms with Gasteiger partial charge in [-0.05, 0) is 54.1 Å². The van der Waals surface area contributed by atoms with E-state index < -0.39 is 5.97 Å². The van der Waals surface area contributed by atoms with Crippen LogP contribution in [0.4, 0.5) is 15.9 Å². The van der Waals surface area contributed by atoms with Crippen molar-refractivity contribution in [1.82, 2.24) is 9.97 Å². The smallest absolute Gasteiger partial charge is 0.337 e. The fourth-order valence-corrected chi connectivity index (χ4v) is 3.26. The summed E-state index contributed by atoms with van der Waals surface area (Å²) >= 11 is 6.36. The van der Waals surface area contributed by atoms with Crippen molar-refractivity contribution in [2.45, 2.75) is 6.61 Å². The third-order valence-electron chi connectivity index (χ3n) is 4.53. The predicted molar refractivity (Wildman–Crippen MR) is 116 cm³/mol. The largest absolute Gasteiger partial charge is 0.487 e. The normalized spacial score (nSPS) is 10.7. The van der Waals surface area contributed by atoms with Crippen molar-refractivity contribution in [3.63, 3.8) is 0 Å². The molecule has 0 aliphatic rings. The lowest BCUT2D eigenvalue weighted by Gasteiger charge is -2.12. The van der Waals surface area contributed by atoms with Gasteiger partial charge in [-0.15, -0.1) is 0 Å². The number of ether oxygens (including phenoxy) is 2. The van der Waals surface area contributed by atoms with Gasteiger partial charge in [0.05, 0.1) is 23.2 Å². The molecule has 0 amide bonds. The van der Waals surface area contributed by atoms with Gasteiger partial charge in [-0.3, -0.25) is 0 Å². The van der Waals surface area contributed by atoms with Gasteiger partial charge in [0.2, 0.25) is 0 Å². The Labute approximate surface area is 182 Å². The number of aromatic nitrogens is 2. The first-order valence-corrected chi connectivity index (χ1v) is 9.68. The summed E-state index contributed by atoms with van der Waals surface area (Å²) in [5, 5.41) is 4.23. The molecule has 6 nitrogen and oxygen atoms in total. The molecular weight excluding hydrogens is 421 g/mol. The van der Waals surface area contributed by atoms with Crippen molar-refractivity contribution >= 4 is 40.0 Å². The summed E-state index contributed by atoms with van der Waals surface area (Å²) < 4.78 is 23.8. The lowest BCUT2D eigenvalue weighted by atomic mass is 10.1. The second-order valence-corrected chi connectivity index (χ2v) is 7.04. The SMILES string of the molecule is COC(=O)c1ccc2ncnc(Nc3ccc(OCc4cccc(F)c4)c(Cl)c3)c2c1. The van der Waals surface area contributed by atoms with E-state index in [0.29, 0.717) is 44.3 Å². The molecule has 156 valence electrons. The third-order valence-corrected chi connectivity index (χ3v) is 4.83. The molecule has 0 saturated heterocycles. The molecule has 0 spiro atoms. The Morgan fingerprint density at radius 2 is 1.97 bits per heavy atom. The summed E-state index contributed by atoms with van der Waals surface area (Å²) in [5.41, 5.74) is 2.44. The molecule has 31 heavy (non-hydrogen) atoms. The molecule has 0 bridgehead atoms. The zero-order valence-corrected chi connectivity index (χ0v) is 17.2. The van der Waals surface area contributed by atoms with E-state index in [9.17, 15) is 9.18 Å². The number of hydrogen-bond donors (Lipinski definition) is 1. The van der Waals surface area contributed by atoms with Gasteiger partial charge in [-0.1, -0.05) is 23.7 Å². The van der Waals surface area contributed by atoms with Crippen LogP contribution in [0.15, 0.2) is 67.0 Å². The minimum absolute atomic E-state index is 0.192. The molecular formula is C23H17ClFN3O3. The molecule has 1 N–H and O–H groups in total. The second kappa shape index (κ2) is 8.97. The van der Waals surface area contributed by atoms with Gasteiger partial charge in [-0.25, -0.2) is 19.2 Å². The van der Waals surface area contributed by atoms with Crippen LogP contribution >= 0.6 is 11.6 Å². The zero-order chi connectivity index (χ0) is 21.8. The van der Waals surface area contributed by atoms with Crippen LogP contribution in [0.5, 0.6) is 5.75 Å². The van der Waals surface area contributed by atoms with Gasteiger partial charge in [-0.2, -0.15) is 0 Å². The number of methoxy groups -OCH3 is 1. The first-order chi connectivity index (χ1) is 15.0. The summed E-state index contributed by atoms with van der Waals surface area (Å²) in [6, 6.07) is 16.4. The highest BCUT2D eigenvalue weighted by Crippen LogP contribution is 2.31. The molecule has 3 aromatic carbocycles. The standard InChI is InChI=1S/C23H17ClFN3O3/c1-30-23(29)15-5-7-20-18(10-15)22(27-13-26-20)28-17-6-8-21(19(24)11-17)31-12-14-3-2-4-16(25)9-14/h2-11,13H,12H2,1H3,(H,26,27,28). The van der Waals surface area contributed by atoms with Crippen molar-refractivity contribution < 1.29 is 18.7 Å². The lowest BCUT2D eigenvalue weighted by Crippen LogP contribution is -2.02. The molecule has 0 radical (unpaired) electrons. The van der Waals surface area contributed by atoms with Crippen LogP contribution in [0, 0.1) is 5.82 Å². The number of carbonyl (C=O) groups excluding carboxylic acids is 1. The van der Waals surface area contributed by atoms with Crippen LogP contribution < -0.4 is 10.1 Å². The topological polar surface area (TPSA) is 73.3 Å². The van der Waals surface area contributed by atoms with Crippen LogP contribution in [-0.4, -0.2) is 23.0 Å². The zero-order valence-electron chi connectivity index (χ0n) is 16.4. The quantitative estimate of drug-likeness (QED) is 0.400. The summed E-state index contributed by atoms with van der Waals surface area (Å²) in [7, 11) is 1.33. The van der Waals surface area contributed by atoms with Gasteiger partial charge in [0.1, 0.15) is 30.3 Å². The summed E-state index contributed by atoms with van der Waals surface area (Å²) in [5.74, 6) is 0.218. The van der Waals surface area contributed by atoms with Crippen LogP contribution in [0.1, 0.15) is 15.9 Å². The number of fused-ring (bicyclic) bond motifs is 1. The first-order valence-electron chi connectivity index (χ1n) is 9.30. The van der Waals surface area contributed by atoms with Crippen LogP contribution in [0.3, 0.4) is 0 Å². The molecule has 8 heteroatoms. The van der Waals surface area contributed by atoms with Crippen LogP contribution in [-0.2, 0) is 11.3 Å². The summed E-state index contributed by atoms with van der Waals surface area (Å²) in [6.45, 7) is 0.192. The first kappa shape index (κ1) is 20.6. The van der Waals surface area contributed by atoms with Gasteiger partial charge in [0, 0.05) is 11.1 Å². The van der Waals surface area contributed by atoms with Gasteiger partial charge in [0.15, 0.2) is 0 Å². The van der Waals surface area contributed by atoms with Crippen molar-refractivity contribution in [2.24, 2.45) is 0 Å². The van der Waals surface area contributed by atoms with E-state index in [4.69, 9.17) is 21.1 Å². The Morgan fingerprint density at radius 3 is 2.74 bits per heavy atom. The minimum atomic E-state index is -0.445. The molecule has 4 rings (SSSR count). The fraction of sp³-hybridized carbons (Fsp3) is 0.0870. The third kappa shape index (κ3) is 4.73. The molecule has 0 unspecified atom stereocenters. The molecule has 0 fully saturated rings. The maximum Gasteiger partial charge on any atom is 0.337 e. The molecule has 0 aliphatic heterocycles. The molecule has 0 aliphatic carbocycles. The molecule has 0 atom stereocenters. The number of halogens is 2. The summed E-state index contributed by atoms with van der Waals surface area (Å²) in [6.07, 6.45) is 1.43. The van der Waals surface area contributed by atoms with E-state index in [0.717, 1.165) is 0 Å². The average Bonchev–Trinajstić information content (AvgIpc) is 2.78. The average molecular weight is 438 g/mol. The monoisotopic (exact) mass is 437 g/mol. The van der Waals surface area contributed by atoms with E-state index in [1.165, 1.54) is 25.6 Å². The van der Waals surface area contributed by atoms with E-state index in [-0.39, 0.29) is 12.4 Å². The van der Waals surface area contributed by atoms with Crippen molar-refractivity contribution in [2.75, 3.05) is 12.4 Å². The number of carbonyl (C=O) groups is 1. The van der Waals surface area contributed by atoms with Crippen molar-refractivity contribution in [3.8, 4) is 5.75 Å². The second-order valence-electron chi connectivity index (χ2n) is 6.63. The fourth-order valence-electron chi connectivity index (χ4n) is 3.02. The Balaban J connectivity index is 1.55. The number of nitrogens with one attached hydrogen (secondary N) is 1. The molecule has 1 heterocycles. The number of rotatable bonds is 6. The number of hydrogen-bond acceptors (Lipinski definition) is 6. The van der Waals surface area contributed by atoms with Gasteiger partial charge < -0.3 is 14.8 Å². The highest BCUT2D eigenvalue weighted by Gasteiger charge is 2.11. The molecule has 4 aromatic rings. The number of benzene rings is 3. The number of nitrogens with zero attached hydrogens (tertiary/aromatic N) is 2. The maximum absolute atomic E-state index is 13.3. The van der Waals surface area contributed by atoms with Crippen molar-refractivity contribution in [1.29, 1.82) is 0 Å². The Kier molecular flexibility index (Phi) is 5.95. The van der Waals surface area contributed by atoms with Crippen molar-refractivity contribution in [3.05, 3.63) is 89.0 Å². The van der Waals surface area contributed by atoms with Gasteiger partial charge >= 0.3 is 5.97 Å². The Morgan fingerprint density at radius 1 is 1.10 bits per heavy atom. The van der Waals surface area contributed by atoms with E-state index in [1.807, 2.05) is 0 Å². The van der Waals surface area contributed by atoms with E-state index in [2.05, 4.69) is 15.3 Å². The highest BCUT2D eigenvalue weighted by molar-refractivity contribution is 6.32. The highest BCUT2D eigenvalue weighted by atomic mass is 35.5. The van der Waals surface area contributed by atoms with E-state index >= 15 is 0 Å². The van der Waals surface area contributed by atoms with E-state index in [1.54, 1.807) is 48.5 Å². The van der Waals surface area contributed by atoms with Crippen LogP contribution in [0.2, 0.25) is 5.02 Å². The van der Waals surface area contributed by atoms with Crippen LogP contribution in [0.25, 0.3) is 10.9 Å². The lowest BCUT2D eigenvalue weighted by molar-refractivity contribution is 0.0601. The molecule has 0 saturated carbocycles. The number of anilines is 2. The summed E-state index contributed by atoms with van der Waals surface area (Å²) in [4.78, 5) is 20.4. The Hall–Kier alpha value is -3.71. The number of esters is 1. The molecule has 1 aromatic heterocycles. The Bertz CT molecular complexity index is 1270. The minimum Gasteiger partial charge on any atom is -0.487 e. The maximum atomic E-state index is 13.3.